The summed E-state index contributed by atoms with van der Waals surface area (Å²) < 4.78 is 11.7. The zero-order valence-corrected chi connectivity index (χ0v) is 18.3. The minimum absolute atomic E-state index is 0.136. The van der Waals surface area contributed by atoms with Crippen molar-refractivity contribution in [3.05, 3.63) is 82.2 Å². The fourth-order valence-corrected chi connectivity index (χ4v) is 5.03. The lowest BCUT2D eigenvalue weighted by molar-refractivity contribution is -0.116. The number of Topliss-reactive ketones (excluding diaryl/α,β-unsaturated/α-hetero) is 2. The summed E-state index contributed by atoms with van der Waals surface area (Å²) in [5.74, 6) is 1.18. The molecular formula is C27H27NO4. The van der Waals surface area contributed by atoms with Gasteiger partial charge in [0.2, 0.25) is 0 Å². The molecule has 0 saturated carbocycles. The van der Waals surface area contributed by atoms with Crippen LogP contribution in [0.25, 0.3) is 0 Å². The number of hydrogen-bond acceptors (Lipinski definition) is 5. The third-order valence-electron chi connectivity index (χ3n) is 6.55. The first-order chi connectivity index (χ1) is 15.7. The summed E-state index contributed by atoms with van der Waals surface area (Å²) in [6.07, 6.45) is 4.45. The SMILES string of the molecule is COc1cc(C2C3=C(CCCC3=O)NC3=C2C(=O)CCC3)ccc1OCc1ccccc1. The zero-order valence-electron chi connectivity index (χ0n) is 18.3. The second-order valence-corrected chi connectivity index (χ2v) is 8.58. The molecule has 0 saturated heterocycles. The van der Waals surface area contributed by atoms with Crippen LogP contribution in [0.3, 0.4) is 0 Å². The molecule has 2 aliphatic carbocycles. The summed E-state index contributed by atoms with van der Waals surface area (Å²) in [6.45, 7) is 0.436. The van der Waals surface area contributed by atoms with Gasteiger partial charge < -0.3 is 14.8 Å². The Labute approximate surface area is 188 Å². The molecule has 0 unspecified atom stereocenters. The molecule has 0 radical (unpaired) electrons. The number of rotatable bonds is 5. The van der Waals surface area contributed by atoms with E-state index in [4.69, 9.17) is 9.47 Å². The molecule has 0 aromatic heterocycles. The van der Waals surface area contributed by atoms with Gasteiger partial charge in [-0.2, -0.15) is 0 Å². The molecule has 0 amide bonds. The van der Waals surface area contributed by atoms with Crippen molar-refractivity contribution in [2.75, 3.05) is 7.11 Å². The minimum Gasteiger partial charge on any atom is -0.493 e. The maximum atomic E-state index is 13.0. The summed E-state index contributed by atoms with van der Waals surface area (Å²) >= 11 is 0. The molecule has 2 aromatic rings. The van der Waals surface area contributed by atoms with Crippen LogP contribution >= 0.6 is 0 Å². The smallest absolute Gasteiger partial charge is 0.161 e. The van der Waals surface area contributed by atoms with Gasteiger partial charge in [-0.05, 0) is 48.9 Å². The normalized spacial score (nSPS) is 18.8. The van der Waals surface area contributed by atoms with Gasteiger partial charge in [-0.3, -0.25) is 9.59 Å². The molecule has 1 aliphatic heterocycles. The van der Waals surface area contributed by atoms with Crippen LogP contribution in [-0.2, 0) is 16.2 Å². The van der Waals surface area contributed by atoms with Crippen LogP contribution in [0.15, 0.2) is 71.1 Å². The van der Waals surface area contributed by atoms with Crippen molar-refractivity contribution in [2.45, 2.75) is 51.0 Å². The maximum Gasteiger partial charge on any atom is 0.161 e. The molecule has 164 valence electrons. The number of benzene rings is 2. The van der Waals surface area contributed by atoms with Crippen molar-refractivity contribution < 1.29 is 19.1 Å². The van der Waals surface area contributed by atoms with Gasteiger partial charge in [0, 0.05) is 41.3 Å². The van der Waals surface area contributed by atoms with Crippen LogP contribution < -0.4 is 14.8 Å². The largest absolute Gasteiger partial charge is 0.493 e. The van der Waals surface area contributed by atoms with E-state index in [9.17, 15) is 9.59 Å². The standard InChI is InChI=1S/C27H27NO4/c1-31-24-15-18(13-14-23(24)32-16-17-7-3-2-4-8-17)25-26-19(9-5-11-21(26)29)28-20-10-6-12-22(30)27(20)25/h2-4,7-8,13-15,25,28H,5-6,9-12,16H2,1H3. The van der Waals surface area contributed by atoms with E-state index in [1.807, 2.05) is 48.5 Å². The van der Waals surface area contributed by atoms with Crippen molar-refractivity contribution in [1.82, 2.24) is 5.32 Å². The van der Waals surface area contributed by atoms with E-state index in [2.05, 4.69) is 5.32 Å². The predicted octanol–water partition coefficient (Wildman–Crippen LogP) is 4.98. The average molecular weight is 430 g/mol. The first-order valence-corrected chi connectivity index (χ1v) is 11.3. The number of hydrogen-bond donors (Lipinski definition) is 1. The van der Waals surface area contributed by atoms with Crippen LogP contribution in [0.4, 0.5) is 0 Å². The lowest BCUT2D eigenvalue weighted by atomic mass is 9.71. The first-order valence-electron chi connectivity index (χ1n) is 11.3. The highest BCUT2D eigenvalue weighted by Crippen LogP contribution is 2.46. The summed E-state index contributed by atoms with van der Waals surface area (Å²) in [7, 11) is 1.61. The van der Waals surface area contributed by atoms with E-state index < -0.39 is 0 Å². The molecular weight excluding hydrogens is 402 g/mol. The number of dihydropyridines is 1. The number of nitrogens with one attached hydrogen (secondary N) is 1. The van der Waals surface area contributed by atoms with Crippen molar-refractivity contribution in [1.29, 1.82) is 0 Å². The predicted molar refractivity (Wildman–Crippen MR) is 121 cm³/mol. The Morgan fingerprint density at radius 3 is 2.12 bits per heavy atom. The zero-order chi connectivity index (χ0) is 22.1. The van der Waals surface area contributed by atoms with E-state index in [-0.39, 0.29) is 17.5 Å². The first kappa shape index (κ1) is 20.6. The van der Waals surface area contributed by atoms with Gasteiger partial charge in [0.05, 0.1) is 7.11 Å². The molecule has 2 aromatic carbocycles. The number of carbonyl (C=O) groups is 2. The Morgan fingerprint density at radius 1 is 0.844 bits per heavy atom. The van der Waals surface area contributed by atoms with Crippen molar-refractivity contribution in [2.24, 2.45) is 0 Å². The summed E-state index contributed by atoms with van der Waals surface area (Å²) in [4.78, 5) is 26.0. The number of ketones is 2. The molecule has 3 aliphatic rings. The van der Waals surface area contributed by atoms with E-state index in [1.165, 1.54) is 0 Å². The highest BCUT2D eigenvalue weighted by Gasteiger charge is 2.40. The maximum absolute atomic E-state index is 13.0. The van der Waals surface area contributed by atoms with Crippen molar-refractivity contribution in [3.8, 4) is 11.5 Å². The molecule has 32 heavy (non-hydrogen) atoms. The molecule has 1 N–H and O–H groups in total. The highest BCUT2D eigenvalue weighted by molar-refractivity contribution is 6.06. The highest BCUT2D eigenvalue weighted by atomic mass is 16.5. The van der Waals surface area contributed by atoms with Crippen LogP contribution in [-0.4, -0.2) is 18.7 Å². The summed E-state index contributed by atoms with van der Waals surface area (Å²) in [6, 6.07) is 15.8. The van der Waals surface area contributed by atoms with E-state index in [1.54, 1.807) is 7.11 Å². The number of ether oxygens (including phenoxy) is 2. The Morgan fingerprint density at radius 2 is 1.50 bits per heavy atom. The van der Waals surface area contributed by atoms with Gasteiger partial charge in [-0.25, -0.2) is 0 Å². The third kappa shape index (κ3) is 3.72. The fourth-order valence-electron chi connectivity index (χ4n) is 5.03. The summed E-state index contributed by atoms with van der Waals surface area (Å²) in [5, 5.41) is 3.46. The second-order valence-electron chi connectivity index (χ2n) is 8.58. The molecule has 1 heterocycles. The molecule has 0 fully saturated rings. The van der Waals surface area contributed by atoms with Crippen LogP contribution in [0.2, 0.25) is 0 Å². The Bertz CT molecular complexity index is 1090. The summed E-state index contributed by atoms with van der Waals surface area (Å²) in [5.41, 5.74) is 5.46. The number of methoxy groups -OCH3 is 1. The second kappa shape index (κ2) is 8.65. The van der Waals surface area contributed by atoms with Gasteiger partial charge in [0.1, 0.15) is 6.61 Å². The third-order valence-corrected chi connectivity index (χ3v) is 6.55. The quantitative estimate of drug-likeness (QED) is 0.727. The van der Waals surface area contributed by atoms with Crippen molar-refractivity contribution in [3.63, 3.8) is 0 Å². The van der Waals surface area contributed by atoms with Gasteiger partial charge in [-0.15, -0.1) is 0 Å². The topological polar surface area (TPSA) is 64.6 Å². The van der Waals surface area contributed by atoms with Crippen LogP contribution in [0, 0.1) is 0 Å². The van der Waals surface area contributed by atoms with Crippen molar-refractivity contribution >= 4 is 11.6 Å². The van der Waals surface area contributed by atoms with Crippen LogP contribution in [0.1, 0.15) is 55.6 Å². The minimum atomic E-state index is -0.334. The van der Waals surface area contributed by atoms with Gasteiger partial charge in [0.25, 0.3) is 0 Å². The van der Waals surface area contributed by atoms with Crippen LogP contribution in [0.5, 0.6) is 11.5 Å². The molecule has 5 nitrogen and oxygen atoms in total. The number of carbonyl (C=O) groups excluding carboxylic acids is 2. The molecule has 0 spiro atoms. The lowest BCUT2D eigenvalue weighted by Gasteiger charge is -2.37. The lowest BCUT2D eigenvalue weighted by Crippen LogP contribution is -2.36. The van der Waals surface area contributed by atoms with Gasteiger partial charge >= 0.3 is 0 Å². The molecule has 5 rings (SSSR count). The molecule has 0 bridgehead atoms. The molecule has 5 heteroatoms. The van der Waals surface area contributed by atoms with Gasteiger partial charge in [0.15, 0.2) is 23.1 Å². The fraction of sp³-hybridized carbons (Fsp3) is 0.333. The van der Waals surface area contributed by atoms with E-state index in [0.717, 1.165) is 59.4 Å². The average Bonchev–Trinajstić information content (AvgIpc) is 2.82. The van der Waals surface area contributed by atoms with E-state index >= 15 is 0 Å². The molecule has 0 atom stereocenters. The Kier molecular flexibility index (Phi) is 5.56. The number of allylic oxidation sites excluding steroid dienone is 4. The Balaban J connectivity index is 1.53. The van der Waals surface area contributed by atoms with E-state index in [0.29, 0.717) is 30.9 Å². The Hall–Kier alpha value is -3.34. The van der Waals surface area contributed by atoms with Gasteiger partial charge in [-0.1, -0.05) is 36.4 Å². The monoisotopic (exact) mass is 429 g/mol.